The van der Waals surface area contributed by atoms with E-state index < -0.39 is 5.95 Å². The third kappa shape index (κ3) is 3.92. The van der Waals surface area contributed by atoms with Crippen LogP contribution in [0, 0.1) is 12.9 Å². The second-order valence-corrected chi connectivity index (χ2v) is 7.67. The van der Waals surface area contributed by atoms with Gasteiger partial charge in [0.05, 0.1) is 24.3 Å². The minimum Gasteiger partial charge on any atom is -0.378 e. The van der Waals surface area contributed by atoms with E-state index in [1.165, 1.54) is 6.07 Å². The molecule has 0 radical (unpaired) electrons. The number of fused-ring (bicyclic) bond motifs is 1. The maximum atomic E-state index is 13.5. The highest BCUT2D eigenvalue weighted by atomic mass is 19.1. The quantitative estimate of drug-likeness (QED) is 0.475. The predicted octanol–water partition coefficient (Wildman–Crippen LogP) is 4.01. The monoisotopic (exact) mass is 431 g/mol. The summed E-state index contributed by atoms with van der Waals surface area (Å²) in [7, 11) is 0. The number of hydrogen-bond donors (Lipinski definition) is 2. The number of nitrogens with zero attached hydrogens (tertiary/aromatic N) is 3. The number of nitrogens with one attached hydrogen (secondary N) is 2. The van der Waals surface area contributed by atoms with Crippen LogP contribution in [-0.4, -0.2) is 41.3 Å². The molecule has 0 unspecified atom stereocenters. The van der Waals surface area contributed by atoms with Crippen molar-refractivity contribution in [3.8, 4) is 11.3 Å². The van der Waals surface area contributed by atoms with Crippen molar-refractivity contribution < 1.29 is 9.13 Å². The normalized spacial score (nSPS) is 14.0. The van der Waals surface area contributed by atoms with E-state index in [4.69, 9.17) is 9.72 Å². The molecule has 4 aromatic rings. The zero-order valence-corrected chi connectivity index (χ0v) is 17.6. The number of H-pyrrole nitrogens is 1. The average molecular weight is 431 g/mol. The topological polar surface area (TPSA) is 83.1 Å². The molecule has 0 bridgehead atoms. The molecule has 1 fully saturated rings. The fraction of sp³-hybridized carbons (Fsp3) is 0.208. The van der Waals surface area contributed by atoms with Crippen LogP contribution in [0.5, 0.6) is 0 Å². The first-order valence-electron chi connectivity index (χ1n) is 10.4. The molecule has 2 N–H and O–H groups in total. The van der Waals surface area contributed by atoms with Gasteiger partial charge < -0.3 is 19.9 Å². The average Bonchev–Trinajstić information content (AvgIpc) is 2.80. The summed E-state index contributed by atoms with van der Waals surface area (Å²) in [5.74, 6) is -0.107. The standard InChI is InChI=1S/C24H22FN5O2/c1-15-19(6-7-21(25)27-15)20-14-16-8-9-26-24(31)22(16)23(29-20)28-17-2-4-18(5-3-17)30-10-12-32-13-11-30/h2-9,14H,10-13H2,1H3,(H,26,31)(H,28,29). The number of benzene rings is 1. The molecule has 1 saturated heterocycles. The van der Waals surface area contributed by atoms with Gasteiger partial charge in [-0.1, -0.05) is 0 Å². The summed E-state index contributed by atoms with van der Waals surface area (Å²) in [5.41, 5.74) is 3.55. The highest BCUT2D eigenvalue weighted by Crippen LogP contribution is 2.29. The summed E-state index contributed by atoms with van der Waals surface area (Å²) in [6, 6.07) is 14.6. The van der Waals surface area contributed by atoms with Crippen LogP contribution in [0.25, 0.3) is 22.0 Å². The van der Waals surface area contributed by atoms with E-state index in [-0.39, 0.29) is 5.56 Å². The first kappa shape index (κ1) is 20.1. The van der Waals surface area contributed by atoms with Gasteiger partial charge in [-0.3, -0.25) is 4.79 Å². The van der Waals surface area contributed by atoms with E-state index in [0.29, 0.717) is 28.2 Å². The molecule has 8 heteroatoms. The molecule has 5 rings (SSSR count). The Labute approximate surface area is 183 Å². The minimum atomic E-state index is -0.540. The summed E-state index contributed by atoms with van der Waals surface area (Å²) in [5, 5.41) is 4.48. The van der Waals surface area contributed by atoms with Gasteiger partial charge in [-0.05, 0) is 60.8 Å². The van der Waals surface area contributed by atoms with Gasteiger partial charge in [0, 0.05) is 41.9 Å². The van der Waals surface area contributed by atoms with Gasteiger partial charge >= 0.3 is 0 Å². The summed E-state index contributed by atoms with van der Waals surface area (Å²) in [6.07, 6.45) is 1.60. The molecule has 0 aliphatic carbocycles. The zero-order chi connectivity index (χ0) is 22.1. The third-order valence-electron chi connectivity index (χ3n) is 5.59. The number of halogens is 1. The Morgan fingerprint density at radius 3 is 2.59 bits per heavy atom. The predicted molar refractivity (Wildman–Crippen MR) is 123 cm³/mol. The van der Waals surface area contributed by atoms with Crippen LogP contribution in [0.4, 0.5) is 21.6 Å². The number of aryl methyl sites for hydroxylation is 1. The number of aromatic amines is 1. The first-order valence-corrected chi connectivity index (χ1v) is 10.4. The molecular weight excluding hydrogens is 409 g/mol. The van der Waals surface area contributed by atoms with Crippen LogP contribution >= 0.6 is 0 Å². The van der Waals surface area contributed by atoms with Crippen LogP contribution in [0.15, 0.2) is 59.5 Å². The fourth-order valence-electron chi connectivity index (χ4n) is 3.96. The third-order valence-corrected chi connectivity index (χ3v) is 5.59. The molecule has 7 nitrogen and oxygen atoms in total. The Bertz CT molecular complexity index is 1330. The zero-order valence-electron chi connectivity index (χ0n) is 17.6. The lowest BCUT2D eigenvalue weighted by Gasteiger charge is -2.28. The minimum absolute atomic E-state index is 0.233. The maximum absolute atomic E-state index is 13.5. The highest BCUT2D eigenvalue weighted by Gasteiger charge is 2.15. The molecule has 1 aliphatic heterocycles. The van der Waals surface area contributed by atoms with Crippen molar-refractivity contribution in [3.05, 3.63) is 76.7 Å². The van der Waals surface area contributed by atoms with Gasteiger partial charge in [-0.15, -0.1) is 0 Å². The molecule has 0 amide bonds. The smallest absolute Gasteiger partial charge is 0.259 e. The summed E-state index contributed by atoms with van der Waals surface area (Å²) in [4.78, 5) is 26.2. The molecular formula is C24H22FN5O2. The lowest BCUT2D eigenvalue weighted by molar-refractivity contribution is 0.122. The Morgan fingerprint density at radius 2 is 1.84 bits per heavy atom. The summed E-state index contributed by atoms with van der Waals surface area (Å²) >= 11 is 0. The van der Waals surface area contributed by atoms with E-state index >= 15 is 0 Å². The number of hydrogen-bond acceptors (Lipinski definition) is 6. The number of aromatic nitrogens is 3. The molecule has 0 atom stereocenters. The van der Waals surface area contributed by atoms with E-state index in [0.717, 1.165) is 43.1 Å². The lowest BCUT2D eigenvalue weighted by Crippen LogP contribution is -2.36. The van der Waals surface area contributed by atoms with E-state index in [9.17, 15) is 9.18 Å². The van der Waals surface area contributed by atoms with E-state index in [2.05, 4.69) is 20.2 Å². The van der Waals surface area contributed by atoms with E-state index in [1.54, 1.807) is 19.2 Å². The number of pyridine rings is 3. The van der Waals surface area contributed by atoms with Crippen molar-refractivity contribution in [2.45, 2.75) is 6.92 Å². The van der Waals surface area contributed by atoms with Gasteiger partial charge in [0.25, 0.3) is 5.56 Å². The van der Waals surface area contributed by atoms with Crippen molar-refractivity contribution in [3.63, 3.8) is 0 Å². The molecule has 1 aromatic carbocycles. The van der Waals surface area contributed by atoms with Crippen molar-refractivity contribution in [1.82, 2.24) is 15.0 Å². The van der Waals surface area contributed by atoms with Gasteiger partial charge in [0.15, 0.2) is 0 Å². The van der Waals surface area contributed by atoms with Crippen LogP contribution in [0.3, 0.4) is 0 Å². The van der Waals surface area contributed by atoms with Crippen molar-refractivity contribution in [2.75, 3.05) is 36.5 Å². The second-order valence-electron chi connectivity index (χ2n) is 7.67. The lowest BCUT2D eigenvalue weighted by atomic mass is 10.1. The van der Waals surface area contributed by atoms with Crippen LogP contribution in [0.2, 0.25) is 0 Å². The summed E-state index contributed by atoms with van der Waals surface area (Å²) in [6.45, 7) is 4.91. The van der Waals surface area contributed by atoms with Crippen LogP contribution in [-0.2, 0) is 4.74 Å². The Morgan fingerprint density at radius 1 is 1.06 bits per heavy atom. The molecule has 4 heterocycles. The molecule has 162 valence electrons. The Hall–Kier alpha value is -3.78. The Kier molecular flexibility index (Phi) is 5.28. The maximum Gasteiger partial charge on any atom is 0.259 e. The van der Waals surface area contributed by atoms with E-state index in [1.807, 2.05) is 36.4 Å². The van der Waals surface area contributed by atoms with Gasteiger partial charge in [-0.25, -0.2) is 9.97 Å². The van der Waals surface area contributed by atoms with Gasteiger partial charge in [0.2, 0.25) is 5.95 Å². The molecule has 0 saturated carbocycles. The van der Waals surface area contributed by atoms with Gasteiger partial charge in [-0.2, -0.15) is 4.39 Å². The number of morpholine rings is 1. The van der Waals surface area contributed by atoms with Crippen LogP contribution in [0.1, 0.15) is 5.69 Å². The number of ether oxygens (including phenoxy) is 1. The largest absolute Gasteiger partial charge is 0.378 e. The second kappa shape index (κ2) is 8.39. The molecule has 3 aromatic heterocycles. The van der Waals surface area contributed by atoms with Crippen molar-refractivity contribution in [2.24, 2.45) is 0 Å². The van der Waals surface area contributed by atoms with Crippen molar-refractivity contribution >= 4 is 28.0 Å². The van der Waals surface area contributed by atoms with Crippen molar-refractivity contribution in [1.29, 1.82) is 0 Å². The highest BCUT2D eigenvalue weighted by molar-refractivity contribution is 5.95. The van der Waals surface area contributed by atoms with Crippen LogP contribution < -0.4 is 15.8 Å². The Balaban J connectivity index is 1.54. The van der Waals surface area contributed by atoms with Gasteiger partial charge in [0.1, 0.15) is 5.82 Å². The fourth-order valence-corrected chi connectivity index (χ4v) is 3.96. The molecule has 32 heavy (non-hydrogen) atoms. The summed E-state index contributed by atoms with van der Waals surface area (Å²) < 4.78 is 18.9. The molecule has 0 spiro atoms. The molecule has 1 aliphatic rings. The SMILES string of the molecule is Cc1nc(F)ccc1-c1cc2cc[nH]c(=O)c2c(Nc2ccc(N3CCOCC3)cc2)n1. The number of rotatable bonds is 4. The number of anilines is 3. The first-order chi connectivity index (χ1) is 15.6.